The summed E-state index contributed by atoms with van der Waals surface area (Å²) >= 11 is 0. The van der Waals surface area contributed by atoms with Crippen molar-refractivity contribution < 1.29 is 14.0 Å². The van der Waals surface area contributed by atoms with Crippen molar-refractivity contribution in [1.82, 2.24) is 5.32 Å². The Balaban J connectivity index is 2.91. The first kappa shape index (κ1) is 14.2. The standard InChI is InChI=1S/C13H17FN2O2/c1-9(13(18)15-2)7-16(3)12-6-4-5-11(14)10(12)8-17/h4-6,8-9H,7H2,1-3H3,(H,15,18). The Labute approximate surface area is 106 Å². The van der Waals surface area contributed by atoms with Gasteiger partial charge in [0.2, 0.25) is 5.91 Å². The number of nitrogens with zero attached hydrogens (tertiary/aromatic N) is 1. The average molecular weight is 252 g/mol. The van der Waals surface area contributed by atoms with Crippen LogP contribution in [0.2, 0.25) is 0 Å². The zero-order valence-corrected chi connectivity index (χ0v) is 10.7. The van der Waals surface area contributed by atoms with Gasteiger partial charge in [0.25, 0.3) is 0 Å². The fraction of sp³-hybridized carbons (Fsp3) is 0.385. The molecule has 1 aromatic rings. The van der Waals surface area contributed by atoms with E-state index in [4.69, 9.17) is 0 Å². The largest absolute Gasteiger partial charge is 0.373 e. The van der Waals surface area contributed by atoms with Gasteiger partial charge in [-0.25, -0.2) is 4.39 Å². The third-order valence-corrected chi connectivity index (χ3v) is 2.80. The highest BCUT2D eigenvalue weighted by molar-refractivity contribution is 5.85. The lowest BCUT2D eigenvalue weighted by Gasteiger charge is -2.24. The fourth-order valence-electron chi connectivity index (χ4n) is 1.81. The number of nitrogens with one attached hydrogen (secondary N) is 1. The first-order valence-corrected chi connectivity index (χ1v) is 5.67. The van der Waals surface area contributed by atoms with E-state index in [1.165, 1.54) is 6.07 Å². The van der Waals surface area contributed by atoms with Crippen molar-refractivity contribution in [3.8, 4) is 0 Å². The first-order chi connectivity index (χ1) is 8.51. The van der Waals surface area contributed by atoms with E-state index in [2.05, 4.69) is 5.32 Å². The molecule has 0 aromatic heterocycles. The zero-order chi connectivity index (χ0) is 13.7. The third-order valence-electron chi connectivity index (χ3n) is 2.80. The van der Waals surface area contributed by atoms with Gasteiger partial charge in [0.05, 0.1) is 11.5 Å². The van der Waals surface area contributed by atoms with Gasteiger partial charge in [-0.05, 0) is 12.1 Å². The molecule has 1 rings (SSSR count). The second-order valence-electron chi connectivity index (χ2n) is 4.19. The summed E-state index contributed by atoms with van der Waals surface area (Å²) in [6.07, 6.45) is 0.492. The lowest BCUT2D eigenvalue weighted by Crippen LogP contribution is -2.34. The van der Waals surface area contributed by atoms with Gasteiger partial charge in [-0.15, -0.1) is 0 Å². The molecule has 0 aliphatic rings. The molecule has 5 heteroatoms. The second kappa shape index (κ2) is 6.14. The Hall–Kier alpha value is -1.91. The summed E-state index contributed by atoms with van der Waals surface area (Å²) < 4.78 is 13.4. The molecule has 98 valence electrons. The molecule has 0 bridgehead atoms. The summed E-state index contributed by atoms with van der Waals surface area (Å²) in [6, 6.07) is 4.44. The van der Waals surface area contributed by atoms with Gasteiger partial charge in [0.1, 0.15) is 5.82 Å². The number of hydrogen-bond acceptors (Lipinski definition) is 3. The lowest BCUT2D eigenvalue weighted by atomic mass is 10.1. The predicted molar refractivity (Wildman–Crippen MR) is 68.3 cm³/mol. The van der Waals surface area contributed by atoms with E-state index >= 15 is 0 Å². The minimum absolute atomic E-state index is 0.0177. The summed E-state index contributed by atoms with van der Waals surface area (Å²) in [4.78, 5) is 24.0. The summed E-state index contributed by atoms with van der Waals surface area (Å²) in [5.41, 5.74) is 0.504. The minimum Gasteiger partial charge on any atom is -0.373 e. The van der Waals surface area contributed by atoms with Gasteiger partial charge in [-0.1, -0.05) is 13.0 Å². The minimum atomic E-state index is -0.554. The van der Waals surface area contributed by atoms with Crippen LogP contribution in [0.15, 0.2) is 18.2 Å². The van der Waals surface area contributed by atoms with E-state index in [-0.39, 0.29) is 17.4 Å². The molecule has 1 atom stereocenters. The molecule has 4 nitrogen and oxygen atoms in total. The van der Waals surface area contributed by atoms with Crippen LogP contribution in [0.25, 0.3) is 0 Å². The average Bonchev–Trinajstić information content (AvgIpc) is 2.37. The number of hydrogen-bond donors (Lipinski definition) is 1. The lowest BCUT2D eigenvalue weighted by molar-refractivity contribution is -0.123. The Morgan fingerprint density at radius 2 is 2.22 bits per heavy atom. The maximum absolute atomic E-state index is 13.4. The van der Waals surface area contributed by atoms with Crippen LogP contribution in [-0.2, 0) is 4.79 Å². The van der Waals surface area contributed by atoms with Gasteiger partial charge >= 0.3 is 0 Å². The van der Waals surface area contributed by atoms with Gasteiger partial charge in [0.15, 0.2) is 6.29 Å². The normalized spacial score (nSPS) is 11.8. The van der Waals surface area contributed by atoms with Crippen molar-refractivity contribution in [2.75, 3.05) is 25.5 Å². The van der Waals surface area contributed by atoms with E-state index in [9.17, 15) is 14.0 Å². The topological polar surface area (TPSA) is 49.4 Å². The summed E-state index contributed by atoms with van der Waals surface area (Å²) in [7, 11) is 3.29. The monoisotopic (exact) mass is 252 g/mol. The SMILES string of the molecule is CNC(=O)C(C)CN(C)c1cccc(F)c1C=O. The number of carbonyl (C=O) groups is 2. The summed E-state index contributed by atoms with van der Waals surface area (Å²) in [5, 5.41) is 2.55. The Morgan fingerprint density at radius 3 is 2.78 bits per heavy atom. The van der Waals surface area contributed by atoms with Gasteiger partial charge in [-0.3, -0.25) is 9.59 Å². The second-order valence-corrected chi connectivity index (χ2v) is 4.19. The van der Waals surface area contributed by atoms with E-state index < -0.39 is 5.82 Å². The molecule has 1 amide bonds. The van der Waals surface area contributed by atoms with Crippen molar-refractivity contribution in [3.05, 3.63) is 29.6 Å². The zero-order valence-electron chi connectivity index (χ0n) is 10.7. The highest BCUT2D eigenvalue weighted by Crippen LogP contribution is 2.21. The van der Waals surface area contributed by atoms with Crippen molar-refractivity contribution in [2.45, 2.75) is 6.92 Å². The Bertz CT molecular complexity index is 449. The molecule has 1 unspecified atom stereocenters. The van der Waals surface area contributed by atoms with Crippen LogP contribution < -0.4 is 10.2 Å². The number of aldehydes is 1. The number of amides is 1. The number of anilines is 1. The van der Waals surface area contributed by atoms with Crippen LogP contribution in [0.4, 0.5) is 10.1 Å². The molecule has 0 saturated heterocycles. The number of halogens is 1. The van der Waals surface area contributed by atoms with Crippen LogP contribution in [0, 0.1) is 11.7 Å². The van der Waals surface area contributed by atoms with Crippen molar-refractivity contribution in [2.24, 2.45) is 5.92 Å². The smallest absolute Gasteiger partial charge is 0.224 e. The molecule has 18 heavy (non-hydrogen) atoms. The van der Waals surface area contributed by atoms with Crippen molar-refractivity contribution in [3.63, 3.8) is 0 Å². The van der Waals surface area contributed by atoms with Crippen LogP contribution >= 0.6 is 0 Å². The van der Waals surface area contributed by atoms with Crippen LogP contribution in [0.5, 0.6) is 0 Å². The van der Waals surface area contributed by atoms with Gasteiger partial charge < -0.3 is 10.2 Å². The maximum atomic E-state index is 13.4. The summed E-state index contributed by atoms with van der Waals surface area (Å²) in [5.74, 6) is -0.893. The third kappa shape index (κ3) is 3.06. The molecular weight excluding hydrogens is 235 g/mol. The van der Waals surface area contributed by atoms with Crippen LogP contribution in [0.1, 0.15) is 17.3 Å². The first-order valence-electron chi connectivity index (χ1n) is 5.67. The Kier molecular flexibility index (Phi) is 4.83. The summed E-state index contributed by atoms with van der Waals surface area (Å²) in [6.45, 7) is 2.18. The molecule has 0 aliphatic carbocycles. The van der Waals surface area contributed by atoms with E-state index in [1.807, 2.05) is 0 Å². The predicted octanol–water partition coefficient (Wildman–Crippen LogP) is 1.46. The molecule has 1 N–H and O–H groups in total. The van der Waals surface area contributed by atoms with Gasteiger partial charge in [-0.2, -0.15) is 0 Å². The molecule has 0 aliphatic heterocycles. The number of carbonyl (C=O) groups excluding carboxylic acids is 2. The molecule has 0 saturated carbocycles. The fourth-order valence-corrected chi connectivity index (χ4v) is 1.81. The number of rotatable bonds is 5. The Morgan fingerprint density at radius 1 is 1.56 bits per heavy atom. The molecule has 0 spiro atoms. The molecule has 1 aromatic carbocycles. The van der Waals surface area contributed by atoms with Gasteiger partial charge in [0, 0.05) is 26.3 Å². The van der Waals surface area contributed by atoms with E-state index in [0.717, 1.165) is 0 Å². The number of benzene rings is 1. The van der Waals surface area contributed by atoms with Crippen molar-refractivity contribution >= 4 is 17.9 Å². The quantitative estimate of drug-likeness (QED) is 0.807. The van der Waals surface area contributed by atoms with E-state index in [0.29, 0.717) is 18.5 Å². The molecular formula is C13H17FN2O2. The highest BCUT2D eigenvalue weighted by Gasteiger charge is 2.17. The molecule has 0 fully saturated rings. The van der Waals surface area contributed by atoms with Crippen molar-refractivity contribution in [1.29, 1.82) is 0 Å². The maximum Gasteiger partial charge on any atom is 0.224 e. The van der Waals surface area contributed by atoms with Crippen LogP contribution in [-0.4, -0.2) is 32.8 Å². The highest BCUT2D eigenvalue weighted by atomic mass is 19.1. The van der Waals surface area contributed by atoms with E-state index in [1.54, 1.807) is 38.1 Å². The molecule has 0 radical (unpaired) electrons. The van der Waals surface area contributed by atoms with Crippen LogP contribution in [0.3, 0.4) is 0 Å². The molecule has 0 heterocycles.